The van der Waals surface area contributed by atoms with Gasteiger partial charge in [0.25, 0.3) is 0 Å². The molecule has 1 N–H and O–H groups in total. The predicted molar refractivity (Wildman–Crippen MR) is 76.1 cm³/mol. The molecule has 2 unspecified atom stereocenters. The summed E-state index contributed by atoms with van der Waals surface area (Å²) in [5, 5.41) is 3.66. The van der Waals surface area contributed by atoms with Crippen molar-refractivity contribution in [3.05, 3.63) is 18.2 Å². The van der Waals surface area contributed by atoms with E-state index in [9.17, 15) is 0 Å². The molecule has 19 heavy (non-hydrogen) atoms. The summed E-state index contributed by atoms with van der Waals surface area (Å²) >= 11 is 0. The van der Waals surface area contributed by atoms with Crippen molar-refractivity contribution in [2.24, 2.45) is 0 Å². The van der Waals surface area contributed by atoms with Gasteiger partial charge >= 0.3 is 0 Å². The first-order valence-corrected chi connectivity index (χ1v) is 7.54. The standard InChI is InChI=1S/C14H25N5/c1-3-15-13(14-16-5-6-18(14)4-2)12-11-17-7-9-19(12)10-8-17/h5-6,12-13,15H,3-4,7-11H2,1-2H3. The summed E-state index contributed by atoms with van der Waals surface area (Å²) in [5.74, 6) is 1.20. The molecule has 5 heteroatoms. The molecular weight excluding hydrogens is 238 g/mol. The lowest BCUT2D eigenvalue weighted by Gasteiger charge is -2.50. The largest absolute Gasteiger partial charge is 0.334 e. The summed E-state index contributed by atoms with van der Waals surface area (Å²) in [6.07, 6.45) is 4.02. The SMILES string of the molecule is CCNC(c1nccn1CC)C1CN2CCN1CC2. The van der Waals surface area contributed by atoms with Crippen LogP contribution >= 0.6 is 0 Å². The molecule has 4 rings (SSSR count). The topological polar surface area (TPSA) is 36.3 Å². The molecule has 4 heterocycles. The van der Waals surface area contributed by atoms with E-state index in [1.54, 1.807) is 0 Å². The van der Waals surface area contributed by atoms with Gasteiger partial charge in [-0.25, -0.2) is 4.98 Å². The van der Waals surface area contributed by atoms with Crippen LogP contribution in [-0.4, -0.2) is 64.7 Å². The van der Waals surface area contributed by atoms with Gasteiger partial charge in [-0.3, -0.25) is 9.80 Å². The fraction of sp³-hybridized carbons (Fsp3) is 0.786. The molecule has 2 atom stereocenters. The van der Waals surface area contributed by atoms with Crippen molar-refractivity contribution in [2.75, 3.05) is 39.3 Å². The number of fused-ring (bicyclic) bond motifs is 3. The number of nitrogens with zero attached hydrogens (tertiary/aromatic N) is 4. The van der Waals surface area contributed by atoms with Gasteiger partial charge in [-0.1, -0.05) is 6.92 Å². The summed E-state index contributed by atoms with van der Waals surface area (Å²) in [5.41, 5.74) is 0. The first kappa shape index (κ1) is 13.1. The molecule has 3 fully saturated rings. The number of aromatic nitrogens is 2. The summed E-state index contributed by atoms with van der Waals surface area (Å²) in [6.45, 7) is 12.4. The zero-order valence-electron chi connectivity index (χ0n) is 12.0. The lowest BCUT2D eigenvalue weighted by atomic mass is 9.99. The lowest BCUT2D eigenvalue weighted by Crippen LogP contribution is -2.64. The Labute approximate surface area is 115 Å². The molecule has 1 aromatic rings. The van der Waals surface area contributed by atoms with E-state index in [1.807, 2.05) is 6.20 Å². The maximum absolute atomic E-state index is 4.62. The van der Waals surface area contributed by atoms with E-state index in [0.717, 1.165) is 13.1 Å². The number of aryl methyl sites for hydroxylation is 1. The Balaban J connectivity index is 1.84. The summed E-state index contributed by atoms with van der Waals surface area (Å²) in [4.78, 5) is 9.85. The van der Waals surface area contributed by atoms with Gasteiger partial charge in [-0.05, 0) is 13.5 Å². The number of hydrogen-bond donors (Lipinski definition) is 1. The molecule has 0 aliphatic carbocycles. The Morgan fingerprint density at radius 3 is 2.68 bits per heavy atom. The van der Waals surface area contributed by atoms with Crippen molar-refractivity contribution in [3.8, 4) is 0 Å². The van der Waals surface area contributed by atoms with Crippen LogP contribution in [0.2, 0.25) is 0 Å². The van der Waals surface area contributed by atoms with E-state index in [4.69, 9.17) is 0 Å². The van der Waals surface area contributed by atoms with Crippen LogP contribution in [0.4, 0.5) is 0 Å². The smallest absolute Gasteiger partial charge is 0.127 e. The Hall–Kier alpha value is -0.910. The minimum Gasteiger partial charge on any atom is -0.334 e. The molecule has 0 aromatic carbocycles. The van der Waals surface area contributed by atoms with Crippen molar-refractivity contribution in [2.45, 2.75) is 32.5 Å². The highest BCUT2D eigenvalue weighted by Gasteiger charge is 2.38. The third-order valence-electron chi connectivity index (χ3n) is 4.50. The average molecular weight is 263 g/mol. The van der Waals surface area contributed by atoms with Gasteiger partial charge in [0.1, 0.15) is 5.82 Å². The van der Waals surface area contributed by atoms with Crippen LogP contribution in [-0.2, 0) is 6.54 Å². The van der Waals surface area contributed by atoms with E-state index in [2.05, 4.69) is 44.7 Å². The Bertz CT molecular complexity index is 408. The number of nitrogens with one attached hydrogen (secondary N) is 1. The van der Waals surface area contributed by atoms with Crippen LogP contribution in [0, 0.1) is 0 Å². The molecule has 0 radical (unpaired) electrons. The maximum atomic E-state index is 4.62. The number of imidazole rings is 1. The van der Waals surface area contributed by atoms with Gasteiger partial charge in [0.05, 0.1) is 6.04 Å². The number of piperazine rings is 3. The Morgan fingerprint density at radius 2 is 2.11 bits per heavy atom. The van der Waals surface area contributed by atoms with Gasteiger partial charge in [-0.15, -0.1) is 0 Å². The van der Waals surface area contributed by atoms with Gasteiger partial charge < -0.3 is 9.88 Å². The average Bonchev–Trinajstić information content (AvgIpc) is 2.94. The Kier molecular flexibility index (Phi) is 3.86. The molecule has 0 saturated carbocycles. The van der Waals surface area contributed by atoms with Crippen LogP contribution in [0.15, 0.2) is 12.4 Å². The second-order valence-electron chi connectivity index (χ2n) is 5.51. The Morgan fingerprint density at radius 1 is 1.32 bits per heavy atom. The molecule has 3 aliphatic rings. The van der Waals surface area contributed by atoms with Crippen molar-refractivity contribution in [1.82, 2.24) is 24.7 Å². The zero-order valence-corrected chi connectivity index (χ0v) is 12.0. The molecule has 5 nitrogen and oxygen atoms in total. The fourth-order valence-electron chi connectivity index (χ4n) is 3.46. The first-order chi connectivity index (χ1) is 9.33. The third kappa shape index (κ3) is 2.42. The van der Waals surface area contributed by atoms with E-state index in [-0.39, 0.29) is 0 Å². The number of likely N-dealkylation sites (N-methyl/N-ethyl adjacent to an activating group) is 1. The van der Waals surface area contributed by atoms with Crippen LogP contribution < -0.4 is 5.32 Å². The fourth-order valence-corrected chi connectivity index (χ4v) is 3.46. The molecular formula is C14H25N5. The highest BCUT2D eigenvalue weighted by Crippen LogP contribution is 2.26. The second kappa shape index (κ2) is 5.61. The van der Waals surface area contributed by atoms with Crippen molar-refractivity contribution in [1.29, 1.82) is 0 Å². The van der Waals surface area contributed by atoms with Crippen molar-refractivity contribution < 1.29 is 0 Å². The van der Waals surface area contributed by atoms with Crippen molar-refractivity contribution in [3.63, 3.8) is 0 Å². The molecule has 106 valence electrons. The summed E-state index contributed by atoms with van der Waals surface area (Å²) < 4.78 is 2.27. The maximum Gasteiger partial charge on any atom is 0.127 e. The quantitative estimate of drug-likeness (QED) is 0.842. The van der Waals surface area contributed by atoms with E-state index in [1.165, 1.54) is 38.5 Å². The van der Waals surface area contributed by atoms with Gasteiger partial charge in [-0.2, -0.15) is 0 Å². The van der Waals surface area contributed by atoms with Gasteiger partial charge in [0, 0.05) is 57.7 Å². The lowest BCUT2D eigenvalue weighted by molar-refractivity contribution is -0.00523. The van der Waals surface area contributed by atoms with E-state index >= 15 is 0 Å². The minimum absolute atomic E-state index is 0.350. The third-order valence-corrected chi connectivity index (χ3v) is 4.50. The number of rotatable bonds is 5. The van der Waals surface area contributed by atoms with Gasteiger partial charge in [0.15, 0.2) is 0 Å². The van der Waals surface area contributed by atoms with E-state index in [0.29, 0.717) is 12.1 Å². The van der Waals surface area contributed by atoms with Crippen LogP contribution in [0.25, 0.3) is 0 Å². The minimum atomic E-state index is 0.350. The molecule has 0 spiro atoms. The predicted octanol–water partition coefficient (Wildman–Crippen LogP) is 0.553. The molecule has 0 amide bonds. The zero-order chi connectivity index (χ0) is 13.2. The highest BCUT2D eigenvalue weighted by molar-refractivity contribution is 5.07. The number of hydrogen-bond acceptors (Lipinski definition) is 4. The van der Waals surface area contributed by atoms with Crippen LogP contribution in [0.1, 0.15) is 25.7 Å². The molecule has 3 aliphatic heterocycles. The van der Waals surface area contributed by atoms with Crippen molar-refractivity contribution >= 4 is 0 Å². The highest BCUT2D eigenvalue weighted by atomic mass is 15.4. The monoisotopic (exact) mass is 263 g/mol. The summed E-state index contributed by atoms with van der Waals surface area (Å²) in [7, 11) is 0. The van der Waals surface area contributed by atoms with Crippen LogP contribution in [0.3, 0.4) is 0 Å². The molecule has 2 bridgehead atoms. The summed E-state index contributed by atoms with van der Waals surface area (Å²) in [6, 6.07) is 0.915. The second-order valence-corrected chi connectivity index (χ2v) is 5.51. The normalized spacial score (nSPS) is 31.6. The van der Waals surface area contributed by atoms with Crippen LogP contribution in [0.5, 0.6) is 0 Å². The molecule has 3 saturated heterocycles. The molecule has 1 aromatic heterocycles. The van der Waals surface area contributed by atoms with Gasteiger partial charge in [0.2, 0.25) is 0 Å². The van der Waals surface area contributed by atoms with E-state index < -0.39 is 0 Å². The first-order valence-electron chi connectivity index (χ1n) is 7.54.